The smallest absolute Gasteiger partial charge is 0.138 e. The lowest BCUT2D eigenvalue weighted by Gasteiger charge is -2.06. The number of pyridine rings is 1. The number of aryl methyl sites for hydroxylation is 2. The molecule has 0 spiro atoms. The van der Waals surface area contributed by atoms with Crippen LogP contribution in [0.1, 0.15) is 11.5 Å². The second kappa shape index (κ2) is 3.14. The number of anilines is 1. The summed E-state index contributed by atoms with van der Waals surface area (Å²) < 4.78 is 1.92. The molecule has 2 N–H and O–H groups in total. The average Bonchev–Trinajstić information content (AvgIpc) is 2.57. The summed E-state index contributed by atoms with van der Waals surface area (Å²) in [7, 11) is 0. The van der Waals surface area contributed by atoms with Crippen molar-refractivity contribution in [3.8, 4) is 5.82 Å². The average molecular weight is 188 g/mol. The van der Waals surface area contributed by atoms with Gasteiger partial charge in [-0.1, -0.05) is 0 Å². The number of imidazole rings is 1. The highest BCUT2D eigenvalue weighted by atomic mass is 15.1. The van der Waals surface area contributed by atoms with E-state index in [9.17, 15) is 0 Å². The van der Waals surface area contributed by atoms with Gasteiger partial charge in [-0.3, -0.25) is 4.57 Å². The molecular weight excluding hydrogens is 176 g/mol. The van der Waals surface area contributed by atoms with E-state index in [1.54, 1.807) is 6.20 Å². The van der Waals surface area contributed by atoms with E-state index in [-0.39, 0.29) is 0 Å². The lowest BCUT2D eigenvalue weighted by molar-refractivity contribution is 0.924. The van der Waals surface area contributed by atoms with Crippen LogP contribution in [0.2, 0.25) is 0 Å². The number of hydrogen-bond donors (Lipinski definition) is 1. The maximum absolute atomic E-state index is 5.69. The maximum Gasteiger partial charge on any atom is 0.138 e. The third-order valence-electron chi connectivity index (χ3n) is 2.18. The number of nitrogens with two attached hydrogens (primary N) is 1. The third-order valence-corrected chi connectivity index (χ3v) is 2.18. The molecule has 0 bridgehead atoms. The fraction of sp³-hybridized carbons (Fsp3) is 0.200. The Labute approximate surface area is 82.4 Å². The summed E-state index contributed by atoms with van der Waals surface area (Å²) >= 11 is 0. The van der Waals surface area contributed by atoms with Gasteiger partial charge in [-0.15, -0.1) is 0 Å². The molecule has 0 fully saturated rings. The molecule has 4 nitrogen and oxygen atoms in total. The van der Waals surface area contributed by atoms with E-state index in [2.05, 4.69) is 9.97 Å². The van der Waals surface area contributed by atoms with Crippen LogP contribution in [0.25, 0.3) is 5.82 Å². The van der Waals surface area contributed by atoms with Crippen molar-refractivity contribution in [2.45, 2.75) is 13.8 Å². The summed E-state index contributed by atoms with van der Waals surface area (Å²) in [6.07, 6.45) is 3.63. The number of nitrogen functional groups attached to an aromatic ring is 1. The molecule has 0 aliphatic rings. The van der Waals surface area contributed by atoms with Gasteiger partial charge < -0.3 is 5.73 Å². The summed E-state index contributed by atoms with van der Waals surface area (Å²) in [6.45, 7) is 3.83. The molecule has 4 heteroatoms. The van der Waals surface area contributed by atoms with Crippen LogP contribution < -0.4 is 5.73 Å². The molecule has 2 aromatic rings. The Morgan fingerprint density at radius 1 is 1.29 bits per heavy atom. The molecule has 0 atom stereocenters. The van der Waals surface area contributed by atoms with Crippen LogP contribution in [-0.4, -0.2) is 14.5 Å². The van der Waals surface area contributed by atoms with E-state index in [4.69, 9.17) is 5.73 Å². The summed E-state index contributed by atoms with van der Waals surface area (Å²) in [5.41, 5.74) is 7.25. The van der Waals surface area contributed by atoms with Crippen LogP contribution in [0.15, 0.2) is 24.5 Å². The predicted octanol–water partition coefficient (Wildman–Crippen LogP) is 1.47. The van der Waals surface area contributed by atoms with Crippen molar-refractivity contribution >= 4 is 5.69 Å². The zero-order chi connectivity index (χ0) is 10.1. The summed E-state index contributed by atoms with van der Waals surface area (Å²) in [5.74, 6) is 1.77. The molecule has 0 aromatic carbocycles. The molecule has 0 aliphatic heterocycles. The molecule has 0 amide bonds. The van der Waals surface area contributed by atoms with Gasteiger partial charge in [-0.05, 0) is 26.0 Å². The quantitative estimate of drug-likeness (QED) is 0.737. The Hall–Kier alpha value is -1.84. The highest BCUT2D eigenvalue weighted by Gasteiger charge is 2.02. The highest BCUT2D eigenvalue weighted by Crippen LogP contribution is 2.12. The van der Waals surface area contributed by atoms with Crippen molar-refractivity contribution in [3.63, 3.8) is 0 Å². The molecule has 72 valence electrons. The van der Waals surface area contributed by atoms with E-state index in [0.29, 0.717) is 5.69 Å². The zero-order valence-electron chi connectivity index (χ0n) is 8.23. The minimum atomic E-state index is 0.714. The lowest BCUT2D eigenvalue weighted by atomic mass is 10.3. The molecule has 0 saturated carbocycles. The first-order valence-corrected chi connectivity index (χ1v) is 4.42. The summed E-state index contributed by atoms with van der Waals surface area (Å²) in [5, 5.41) is 0. The van der Waals surface area contributed by atoms with Crippen molar-refractivity contribution in [1.29, 1.82) is 0 Å². The van der Waals surface area contributed by atoms with Crippen molar-refractivity contribution in [2.24, 2.45) is 0 Å². The van der Waals surface area contributed by atoms with Gasteiger partial charge >= 0.3 is 0 Å². The molecule has 0 saturated heterocycles. The number of nitrogens with zero attached hydrogens (tertiary/aromatic N) is 3. The molecule has 0 unspecified atom stereocenters. The minimum Gasteiger partial charge on any atom is -0.397 e. The third kappa shape index (κ3) is 1.35. The first kappa shape index (κ1) is 8.74. The van der Waals surface area contributed by atoms with Crippen LogP contribution in [0.5, 0.6) is 0 Å². The second-order valence-corrected chi connectivity index (χ2v) is 3.19. The highest BCUT2D eigenvalue weighted by molar-refractivity contribution is 5.45. The molecule has 14 heavy (non-hydrogen) atoms. The topological polar surface area (TPSA) is 56.7 Å². The van der Waals surface area contributed by atoms with Crippen molar-refractivity contribution in [2.75, 3.05) is 5.73 Å². The lowest BCUT2D eigenvalue weighted by Crippen LogP contribution is -2.01. The van der Waals surface area contributed by atoms with Crippen LogP contribution in [0, 0.1) is 13.8 Å². The van der Waals surface area contributed by atoms with Gasteiger partial charge in [0.2, 0.25) is 0 Å². The van der Waals surface area contributed by atoms with Crippen molar-refractivity contribution in [1.82, 2.24) is 14.5 Å². The van der Waals surface area contributed by atoms with Crippen molar-refractivity contribution < 1.29 is 0 Å². The first-order chi connectivity index (χ1) is 6.68. The molecule has 0 aliphatic carbocycles. The first-order valence-electron chi connectivity index (χ1n) is 4.42. The largest absolute Gasteiger partial charge is 0.397 e. The van der Waals surface area contributed by atoms with Crippen molar-refractivity contribution in [3.05, 3.63) is 36.0 Å². The number of aromatic nitrogens is 3. The SMILES string of the molecule is Cc1nc(-n2ccnc2C)ccc1N. The molecular formula is C10H12N4. The van der Waals surface area contributed by atoms with Crippen LogP contribution in [0.3, 0.4) is 0 Å². The Morgan fingerprint density at radius 3 is 2.64 bits per heavy atom. The van der Waals surface area contributed by atoms with Gasteiger partial charge in [0.1, 0.15) is 11.6 Å². The standard InChI is InChI=1S/C10H12N4/c1-7-9(11)3-4-10(13-7)14-6-5-12-8(14)2/h3-6H,11H2,1-2H3. The van der Waals surface area contributed by atoms with Crippen LogP contribution >= 0.6 is 0 Å². The van der Waals surface area contributed by atoms with Gasteiger partial charge in [0.05, 0.1) is 11.4 Å². The zero-order valence-corrected chi connectivity index (χ0v) is 8.23. The molecule has 2 rings (SSSR count). The Kier molecular flexibility index (Phi) is 1.96. The Morgan fingerprint density at radius 2 is 2.07 bits per heavy atom. The Balaban J connectivity index is 2.53. The Bertz CT molecular complexity index is 459. The van der Waals surface area contributed by atoms with Gasteiger partial charge in [0.25, 0.3) is 0 Å². The maximum atomic E-state index is 5.69. The number of rotatable bonds is 1. The number of hydrogen-bond acceptors (Lipinski definition) is 3. The van der Waals surface area contributed by atoms with E-state index in [1.165, 1.54) is 0 Å². The van der Waals surface area contributed by atoms with Gasteiger partial charge in [-0.25, -0.2) is 9.97 Å². The van der Waals surface area contributed by atoms with Gasteiger partial charge in [-0.2, -0.15) is 0 Å². The minimum absolute atomic E-state index is 0.714. The monoisotopic (exact) mass is 188 g/mol. The van der Waals surface area contributed by atoms with Gasteiger partial charge in [0.15, 0.2) is 0 Å². The van der Waals surface area contributed by atoms with E-state index in [0.717, 1.165) is 17.3 Å². The van der Waals surface area contributed by atoms with E-state index < -0.39 is 0 Å². The predicted molar refractivity (Wildman–Crippen MR) is 55.2 cm³/mol. The second-order valence-electron chi connectivity index (χ2n) is 3.19. The van der Waals surface area contributed by atoms with Crippen LogP contribution in [-0.2, 0) is 0 Å². The summed E-state index contributed by atoms with van der Waals surface area (Å²) in [6, 6.07) is 3.74. The molecule has 2 aromatic heterocycles. The van der Waals surface area contributed by atoms with Gasteiger partial charge in [0, 0.05) is 12.4 Å². The summed E-state index contributed by atoms with van der Waals surface area (Å²) in [4.78, 5) is 8.51. The molecule has 0 radical (unpaired) electrons. The normalized spacial score (nSPS) is 10.4. The van der Waals surface area contributed by atoms with E-state index in [1.807, 2.05) is 36.7 Å². The van der Waals surface area contributed by atoms with Crippen LogP contribution in [0.4, 0.5) is 5.69 Å². The fourth-order valence-electron chi connectivity index (χ4n) is 1.31. The van der Waals surface area contributed by atoms with E-state index >= 15 is 0 Å². The fourth-order valence-corrected chi connectivity index (χ4v) is 1.31. The molecule has 2 heterocycles.